The molecule has 0 spiro atoms. The quantitative estimate of drug-likeness (QED) is 0.685. The summed E-state index contributed by atoms with van der Waals surface area (Å²) < 4.78 is 1.92. The zero-order valence-corrected chi connectivity index (χ0v) is 11.8. The van der Waals surface area contributed by atoms with Gasteiger partial charge in [-0.05, 0) is 48.7 Å². The summed E-state index contributed by atoms with van der Waals surface area (Å²) in [6, 6.07) is 0.223. The van der Waals surface area contributed by atoms with Gasteiger partial charge in [-0.25, -0.2) is 4.68 Å². The standard InChI is InChI=1S/C11H23N5S/c1-4-12-10(2)11-13-14-15-16(11)8-6-5-7-9-17-3/h10,12H,4-9H2,1-3H3. The second-order valence-corrected chi connectivity index (χ2v) is 5.08. The molecule has 0 aromatic carbocycles. The second-order valence-electron chi connectivity index (χ2n) is 4.09. The Morgan fingerprint density at radius 3 is 2.88 bits per heavy atom. The lowest BCUT2D eigenvalue weighted by molar-refractivity contribution is 0.476. The fraction of sp³-hybridized carbons (Fsp3) is 0.909. The van der Waals surface area contributed by atoms with Crippen molar-refractivity contribution in [2.45, 2.75) is 45.7 Å². The van der Waals surface area contributed by atoms with Gasteiger partial charge >= 0.3 is 0 Å². The lowest BCUT2D eigenvalue weighted by Crippen LogP contribution is -2.22. The van der Waals surface area contributed by atoms with Crippen molar-refractivity contribution < 1.29 is 0 Å². The van der Waals surface area contributed by atoms with Gasteiger partial charge in [-0.1, -0.05) is 13.3 Å². The van der Waals surface area contributed by atoms with Crippen LogP contribution < -0.4 is 5.32 Å². The Labute approximate surface area is 108 Å². The Kier molecular flexibility index (Phi) is 7.19. The van der Waals surface area contributed by atoms with Crippen LogP contribution in [0.2, 0.25) is 0 Å². The normalized spacial score (nSPS) is 12.9. The molecule has 0 aliphatic heterocycles. The zero-order valence-electron chi connectivity index (χ0n) is 11.0. The van der Waals surface area contributed by atoms with E-state index in [1.54, 1.807) is 0 Å². The van der Waals surface area contributed by atoms with Crippen molar-refractivity contribution in [3.05, 3.63) is 5.82 Å². The van der Waals surface area contributed by atoms with Crippen molar-refractivity contribution in [2.24, 2.45) is 0 Å². The number of rotatable bonds is 9. The molecule has 6 heteroatoms. The molecule has 98 valence electrons. The molecule has 1 N–H and O–H groups in total. The predicted octanol–water partition coefficient (Wildman–Crippen LogP) is 1.88. The van der Waals surface area contributed by atoms with Crippen LogP contribution >= 0.6 is 11.8 Å². The van der Waals surface area contributed by atoms with Crippen LogP contribution in [-0.4, -0.2) is 38.8 Å². The minimum Gasteiger partial charge on any atom is -0.308 e. The van der Waals surface area contributed by atoms with Crippen LogP contribution in [0.25, 0.3) is 0 Å². The van der Waals surface area contributed by atoms with Gasteiger partial charge in [0.15, 0.2) is 5.82 Å². The Morgan fingerprint density at radius 1 is 1.35 bits per heavy atom. The molecule has 0 fully saturated rings. The predicted molar refractivity (Wildman–Crippen MR) is 72.1 cm³/mol. The van der Waals surface area contributed by atoms with E-state index in [2.05, 4.69) is 40.9 Å². The molecule has 5 nitrogen and oxygen atoms in total. The van der Waals surface area contributed by atoms with Gasteiger partial charge in [0.1, 0.15) is 0 Å². The van der Waals surface area contributed by atoms with Crippen molar-refractivity contribution in [3.8, 4) is 0 Å². The highest BCUT2D eigenvalue weighted by Gasteiger charge is 2.12. The maximum Gasteiger partial charge on any atom is 0.167 e. The van der Waals surface area contributed by atoms with Crippen LogP contribution in [0.15, 0.2) is 0 Å². The second kappa shape index (κ2) is 8.47. The van der Waals surface area contributed by atoms with Crippen molar-refractivity contribution in [3.63, 3.8) is 0 Å². The molecule has 1 aromatic heterocycles. The Hall–Kier alpha value is -0.620. The van der Waals surface area contributed by atoms with Gasteiger partial charge in [0, 0.05) is 6.54 Å². The summed E-state index contributed by atoms with van der Waals surface area (Å²) in [6.07, 6.45) is 5.83. The van der Waals surface area contributed by atoms with Crippen molar-refractivity contribution in [2.75, 3.05) is 18.6 Å². The van der Waals surface area contributed by atoms with Gasteiger partial charge in [-0.15, -0.1) is 5.10 Å². The van der Waals surface area contributed by atoms with E-state index in [0.29, 0.717) is 0 Å². The molecule has 1 aromatic rings. The van der Waals surface area contributed by atoms with Crippen LogP contribution in [0.3, 0.4) is 0 Å². The van der Waals surface area contributed by atoms with Crippen molar-refractivity contribution in [1.29, 1.82) is 0 Å². The maximum atomic E-state index is 4.09. The minimum absolute atomic E-state index is 0.223. The SMILES string of the molecule is CCNC(C)c1nnnn1CCCCCSC. The fourth-order valence-corrected chi connectivity index (χ4v) is 2.26. The van der Waals surface area contributed by atoms with E-state index in [1.807, 2.05) is 16.4 Å². The lowest BCUT2D eigenvalue weighted by Gasteiger charge is -2.11. The molecule has 1 unspecified atom stereocenters. The number of aryl methyl sites for hydroxylation is 1. The summed E-state index contributed by atoms with van der Waals surface area (Å²) in [4.78, 5) is 0. The molecule has 1 heterocycles. The van der Waals surface area contributed by atoms with Gasteiger partial charge in [-0.2, -0.15) is 11.8 Å². The molecule has 0 radical (unpaired) electrons. The van der Waals surface area contributed by atoms with E-state index in [1.165, 1.54) is 18.6 Å². The molecule has 0 bridgehead atoms. The van der Waals surface area contributed by atoms with Crippen LogP contribution in [0.5, 0.6) is 0 Å². The molecule has 0 saturated heterocycles. The number of tetrazole rings is 1. The molecule has 0 aliphatic rings. The van der Waals surface area contributed by atoms with E-state index < -0.39 is 0 Å². The molecule has 0 saturated carbocycles. The molecule has 1 atom stereocenters. The summed E-state index contributed by atoms with van der Waals surface area (Å²) in [5.41, 5.74) is 0. The Morgan fingerprint density at radius 2 is 2.18 bits per heavy atom. The number of nitrogens with zero attached hydrogens (tertiary/aromatic N) is 4. The number of unbranched alkanes of at least 4 members (excludes halogenated alkanes) is 2. The average molecular weight is 257 g/mol. The highest BCUT2D eigenvalue weighted by Crippen LogP contribution is 2.09. The van der Waals surface area contributed by atoms with Gasteiger partial charge < -0.3 is 5.32 Å². The first-order chi connectivity index (χ1) is 8.29. The molecular formula is C11H23N5S. The van der Waals surface area contributed by atoms with E-state index >= 15 is 0 Å². The smallest absolute Gasteiger partial charge is 0.167 e. The van der Waals surface area contributed by atoms with Crippen molar-refractivity contribution >= 4 is 11.8 Å². The van der Waals surface area contributed by atoms with Gasteiger partial charge in [0.05, 0.1) is 6.04 Å². The highest BCUT2D eigenvalue weighted by atomic mass is 32.2. The van der Waals surface area contributed by atoms with E-state index in [-0.39, 0.29) is 6.04 Å². The van der Waals surface area contributed by atoms with Crippen LogP contribution in [0, 0.1) is 0 Å². The molecule has 1 rings (SSSR count). The molecule has 17 heavy (non-hydrogen) atoms. The van der Waals surface area contributed by atoms with E-state index in [0.717, 1.165) is 25.3 Å². The van der Waals surface area contributed by atoms with Crippen LogP contribution in [0.4, 0.5) is 0 Å². The monoisotopic (exact) mass is 257 g/mol. The highest BCUT2D eigenvalue weighted by molar-refractivity contribution is 7.98. The van der Waals surface area contributed by atoms with Gasteiger partial charge in [0.2, 0.25) is 0 Å². The maximum absolute atomic E-state index is 4.09. The summed E-state index contributed by atoms with van der Waals surface area (Å²) in [5.74, 6) is 2.19. The molecule has 0 aliphatic carbocycles. The van der Waals surface area contributed by atoms with E-state index in [9.17, 15) is 0 Å². The van der Waals surface area contributed by atoms with Crippen LogP contribution in [0.1, 0.15) is 45.0 Å². The summed E-state index contributed by atoms with van der Waals surface area (Å²) in [5, 5.41) is 15.2. The summed E-state index contributed by atoms with van der Waals surface area (Å²) in [7, 11) is 0. The summed E-state index contributed by atoms with van der Waals surface area (Å²) >= 11 is 1.91. The average Bonchev–Trinajstić information content (AvgIpc) is 2.77. The molecular weight excluding hydrogens is 234 g/mol. The zero-order chi connectivity index (χ0) is 12.5. The molecule has 0 amide bonds. The van der Waals surface area contributed by atoms with Gasteiger partial charge in [-0.3, -0.25) is 0 Å². The third kappa shape index (κ3) is 5.04. The van der Waals surface area contributed by atoms with Crippen molar-refractivity contribution in [1.82, 2.24) is 25.5 Å². The number of hydrogen-bond donors (Lipinski definition) is 1. The first kappa shape index (κ1) is 14.4. The summed E-state index contributed by atoms with van der Waals surface area (Å²) in [6.45, 7) is 6.04. The Bertz CT molecular complexity index is 302. The number of nitrogens with one attached hydrogen (secondary N) is 1. The Balaban J connectivity index is 2.35. The van der Waals surface area contributed by atoms with Crippen LogP contribution in [-0.2, 0) is 6.54 Å². The number of aromatic nitrogens is 4. The lowest BCUT2D eigenvalue weighted by atomic mass is 10.2. The van der Waals surface area contributed by atoms with Gasteiger partial charge in [0.25, 0.3) is 0 Å². The first-order valence-electron chi connectivity index (χ1n) is 6.28. The number of hydrogen-bond acceptors (Lipinski definition) is 5. The topological polar surface area (TPSA) is 55.6 Å². The fourth-order valence-electron chi connectivity index (χ4n) is 1.76. The largest absolute Gasteiger partial charge is 0.308 e. The van der Waals surface area contributed by atoms with E-state index in [4.69, 9.17) is 0 Å². The minimum atomic E-state index is 0.223. The third-order valence-electron chi connectivity index (χ3n) is 2.68. The first-order valence-corrected chi connectivity index (χ1v) is 7.67. The third-order valence-corrected chi connectivity index (χ3v) is 3.37. The number of thioether (sulfide) groups is 1.